The zero-order valence-corrected chi connectivity index (χ0v) is 13.7. The molecule has 0 saturated heterocycles. The van der Waals surface area contributed by atoms with Crippen LogP contribution in [0.25, 0.3) is 0 Å². The maximum atomic E-state index is 4.52. The van der Waals surface area contributed by atoms with Gasteiger partial charge in [0.15, 0.2) is 0 Å². The second kappa shape index (κ2) is 6.95. The van der Waals surface area contributed by atoms with Crippen molar-refractivity contribution < 1.29 is 0 Å². The molecule has 3 atom stereocenters. The highest BCUT2D eigenvalue weighted by Gasteiger charge is 2.33. The Balaban J connectivity index is 1.67. The van der Waals surface area contributed by atoms with Gasteiger partial charge in [-0.25, -0.2) is 0 Å². The Hall–Kier alpha value is -0.830. The van der Waals surface area contributed by atoms with Gasteiger partial charge in [0.2, 0.25) is 0 Å². The Bertz CT molecular complexity index is 435. The maximum Gasteiger partial charge on any atom is 0.0524 e. The summed E-state index contributed by atoms with van der Waals surface area (Å²) in [5, 5.41) is 8.29. The van der Waals surface area contributed by atoms with E-state index in [4.69, 9.17) is 0 Å². The molecule has 118 valence electrons. The van der Waals surface area contributed by atoms with Gasteiger partial charge in [-0.1, -0.05) is 26.2 Å². The summed E-state index contributed by atoms with van der Waals surface area (Å²) in [6.45, 7) is 6.69. The molecule has 0 aromatic carbocycles. The minimum atomic E-state index is 0.724. The van der Waals surface area contributed by atoms with Gasteiger partial charge in [-0.15, -0.1) is 0 Å². The monoisotopic (exact) mass is 289 g/mol. The predicted octanol–water partition coefficient (Wildman–Crippen LogP) is 3.96. The molecule has 2 saturated carbocycles. The van der Waals surface area contributed by atoms with Gasteiger partial charge in [-0.05, 0) is 62.5 Å². The van der Waals surface area contributed by atoms with Crippen LogP contribution in [0.3, 0.4) is 0 Å². The molecule has 0 radical (unpaired) electrons. The lowest BCUT2D eigenvalue weighted by Crippen LogP contribution is -2.33. The summed E-state index contributed by atoms with van der Waals surface area (Å²) in [4.78, 5) is 0. The third kappa shape index (κ3) is 3.88. The van der Waals surface area contributed by atoms with Gasteiger partial charge < -0.3 is 5.32 Å². The summed E-state index contributed by atoms with van der Waals surface area (Å²) in [5.74, 6) is 2.47. The van der Waals surface area contributed by atoms with Crippen LogP contribution in [0.15, 0.2) is 12.4 Å². The van der Waals surface area contributed by atoms with E-state index in [0.717, 1.165) is 30.3 Å². The highest BCUT2D eigenvalue weighted by Crippen LogP contribution is 2.42. The normalized spacial score (nSPS) is 29.7. The van der Waals surface area contributed by atoms with E-state index in [0.29, 0.717) is 0 Å². The molecule has 2 aliphatic rings. The minimum absolute atomic E-state index is 0.724. The molecule has 3 rings (SSSR count). The molecule has 0 amide bonds. The van der Waals surface area contributed by atoms with Gasteiger partial charge in [0.1, 0.15) is 0 Å². The first-order chi connectivity index (χ1) is 10.3. The molecule has 3 heteroatoms. The Morgan fingerprint density at radius 3 is 2.76 bits per heavy atom. The lowest BCUT2D eigenvalue weighted by molar-refractivity contribution is 0.220. The molecule has 0 bridgehead atoms. The highest BCUT2D eigenvalue weighted by atomic mass is 15.3. The zero-order chi connectivity index (χ0) is 14.7. The predicted molar refractivity (Wildman–Crippen MR) is 87.4 cm³/mol. The number of rotatable bonds is 7. The fourth-order valence-electron chi connectivity index (χ4n) is 3.99. The summed E-state index contributed by atoms with van der Waals surface area (Å²) in [7, 11) is 0. The number of aromatic nitrogens is 2. The fourth-order valence-corrected chi connectivity index (χ4v) is 3.99. The van der Waals surface area contributed by atoms with Gasteiger partial charge in [0, 0.05) is 18.8 Å². The maximum absolute atomic E-state index is 4.52. The first-order valence-corrected chi connectivity index (χ1v) is 9.05. The van der Waals surface area contributed by atoms with Crippen molar-refractivity contribution in [3.05, 3.63) is 18.0 Å². The van der Waals surface area contributed by atoms with E-state index in [1.54, 1.807) is 0 Å². The standard InChI is InChI=1S/C18H31N3/c1-3-5-14-6-7-15(11-19-17-8-9-17)18(10-14)16-12-20-21(4-2)13-16/h12-15,17-19H,3-11H2,1-2H3. The first-order valence-electron chi connectivity index (χ1n) is 9.05. The summed E-state index contributed by atoms with van der Waals surface area (Å²) >= 11 is 0. The van der Waals surface area contributed by atoms with Gasteiger partial charge in [-0.3, -0.25) is 4.68 Å². The van der Waals surface area contributed by atoms with Gasteiger partial charge >= 0.3 is 0 Å². The Labute approximate surface area is 129 Å². The fraction of sp³-hybridized carbons (Fsp3) is 0.833. The van der Waals surface area contributed by atoms with Crippen LogP contribution in [0.4, 0.5) is 0 Å². The van der Waals surface area contributed by atoms with Crippen molar-refractivity contribution in [2.24, 2.45) is 11.8 Å². The van der Waals surface area contributed by atoms with Crippen LogP contribution in [-0.2, 0) is 6.54 Å². The Morgan fingerprint density at radius 2 is 2.10 bits per heavy atom. The molecule has 0 aliphatic heterocycles. The first kappa shape index (κ1) is 15.1. The third-order valence-electron chi connectivity index (χ3n) is 5.45. The van der Waals surface area contributed by atoms with E-state index in [-0.39, 0.29) is 0 Å². The van der Waals surface area contributed by atoms with Crippen LogP contribution in [0.5, 0.6) is 0 Å². The van der Waals surface area contributed by atoms with Crippen molar-refractivity contribution in [2.75, 3.05) is 6.54 Å². The molecule has 2 fully saturated rings. The molecule has 1 aromatic heterocycles. The molecular formula is C18H31N3. The van der Waals surface area contributed by atoms with E-state index in [9.17, 15) is 0 Å². The largest absolute Gasteiger partial charge is 0.314 e. The topological polar surface area (TPSA) is 29.9 Å². The van der Waals surface area contributed by atoms with E-state index in [1.807, 2.05) is 0 Å². The third-order valence-corrected chi connectivity index (χ3v) is 5.45. The molecule has 2 aliphatic carbocycles. The van der Waals surface area contributed by atoms with Crippen molar-refractivity contribution in [3.63, 3.8) is 0 Å². The van der Waals surface area contributed by atoms with E-state index in [1.165, 1.54) is 57.1 Å². The van der Waals surface area contributed by atoms with Crippen molar-refractivity contribution in [1.82, 2.24) is 15.1 Å². The lowest BCUT2D eigenvalue weighted by atomic mass is 9.70. The molecular weight excluding hydrogens is 258 g/mol. The molecule has 1 N–H and O–H groups in total. The average Bonchev–Trinajstić information content (AvgIpc) is 3.21. The lowest BCUT2D eigenvalue weighted by Gasteiger charge is -2.36. The van der Waals surface area contributed by atoms with Gasteiger partial charge in [0.25, 0.3) is 0 Å². The number of hydrogen-bond donors (Lipinski definition) is 1. The van der Waals surface area contributed by atoms with Crippen molar-refractivity contribution >= 4 is 0 Å². The van der Waals surface area contributed by atoms with E-state index >= 15 is 0 Å². The molecule has 3 nitrogen and oxygen atoms in total. The molecule has 1 aromatic rings. The zero-order valence-electron chi connectivity index (χ0n) is 13.7. The molecule has 21 heavy (non-hydrogen) atoms. The van der Waals surface area contributed by atoms with Crippen LogP contribution in [0.1, 0.15) is 70.3 Å². The van der Waals surface area contributed by atoms with E-state index in [2.05, 4.69) is 41.3 Å². The number of aryl methyl sites for hydroxylation is 1. The summed E-state index contributed by atoms with van der Waals surface area (Å²) in [6, 6.07) is 0.831. The van der Waals surface area contributed by atoms with Crippen molar-refractivity contribution in [2.45, 2.75) is 77.3 Å². The van der Waals surface area contributed by atoms with Crippen LogP contribution >= 0.6 is 0 Å². The molecule has 1 heterocycles. The number of hydrogen-bond acceptors (Lipinski definition) is 2. The second-order valence-corrected chi connectivity index (χ2v) is 7.15. The van der Waals surface area contributed by atoms with Gasteiger partial charge in [-0.2, -0.15) is 5.10 Å². The van der Waals surface area contributed by atoms with Crippen LogP contribution in [0.2, 0.25) is 0 Å². The average molecular weight is 289 g/mol. The summed E-state index contributed by atoms with van der Waals surface area (Å²) in [5.41, 5.74) is 1.49. The summed E-state index contributed by atoms with van der Waals surface area (Å²) < 4.78 is 2.09. The highest BCUT2D eigenvalue weighted by molar-refractivity contribution is 5.14. The van der Waals surface area contributed by atoms with Crippen LogP contribution in [0, 0.1) is 11.8 Å². The SMILES string of the molecule is CCCC1CCC(CNC2CC2)C(c2cnn(CC)c2)C1. The number of nitrogens with one attached hydrogen (secondary N) is 1. The number of nitrogens with zero attached hydrogens (tertiary/aromatic N) is 2. The summed E-state index contributed by atoms with van der Waals surface area (Å²) in [6.07, 6.45) is 14.1. The quantitative estimate of drug-likeness (QED) is 0.823. The Morgan fingerprint density at radius 1 is 1.24 bits per heavy atom. The van der Waals surface area contributed by atoms with Crippen LogP contribution in [-0.4, -0.2) is 22.4 Å². The molecule has 3 unspecified atom stereocenters. The van der Waals surface area contributed by atoms with Gasteiger partial charge in [0.05, 0.1) is 6.20 Å². The van der Waals surface area contributed by atoms with E-state index < -0.39 is 0 Å². The minimum Gasteiger partial charge on any atom is -0.314 e. The smallest absolute Gasteiger partial charge is 0.0524 e. The van der Waals surface area contributed by atoms with Crippen molar-refractivity contribution in [1.29, 1.82) is 0 Å². The second-order valence-electron chi connectivity index (χ2n) is 7.15. The Kier molecular flexibility index (Phi) is 4.99. The van der Waals surface area contributed by atoms with Crippen molar-refractivity contribution in [3.8, 4) is 0 Å². The van der Waals surface area contributed by atoms with Crippen LogP contribution < -0.4 is 5.32 Å². The molecule has 0 spiro atoms.